The van der Waals surface area contributed by atoms with Crippen molar-refractivity contribution in [2.75, 3.05) is 5.32 Å². The van der Waals surface area contributed by atoms with E-state index in [4.69, 9.17) is 4.98 Å². The van der Waals surface area contributed by atoms with Gasteiger partial charge in [-0.05, 0) is 42.0 Å². The number of aryl methyl sites for hydroxylation is 1. The summed E-state index contributed by atoms with van der Waals surface area (Å²) in [5, 5.41) is 10.9. The molecule has 0 saturated carbocycles. The number of rotatable bonds is 5. The number of amides is 1. The number of aromatic nitrogens is 5. The highest BCUT2D eigenvalue weighted by atomic mass is 16.2. The van der Waals surface area contributed by atoms with Gasteiger partial charge in [-0.1, -0.05) is 47.7 Å². The number of fused-ring (bicyclic) bond motifs is 1. The molecule has 0 unspecified atom stereocenters. The van der Waals surface area contributed by atoms with Gasteiger partial charge in [0, 0.05) is 18.3 Å². The van der Waals surface area contributed by atoms with E-state index in [-0.39, 0.29) is 11.6 Å². The van der Waals surface area contributed by atoms with Gasteiger partial charge in [-0.3, -0.25) is 4.79 Å². The quantitative estimate of drug-likeness (QED) is 0.474. The zero-order valence-electron chi connectivity index (χ0n) is 16.9. The fourth-order valence-corrected chi connectivity index (χ4v) is 3.55. The second-order valence-corrected chi connectivity index (χ2v) is 7.30. The number of hydrogen-bond donors (Lipinski definition) is 1. The fraction of sp³-hybridized carbons (Fsp3) is 0.0833. The van der Waals surface area contributed by atoms with Crippen molar-refractivity contribution in [1.82, 2.24) is 24.5 Å². The van der Waals surface area contributed by atoms with Crippen molar-refractivity contribution in [2.24, 2.45) is 7.05 Å². The topological polar surface area (TPSA) is 77.6 Å². The van der Waals surface area contributed by atoms with E-state index in [2.05, 4.69) is 20.2 Å². The summed E-state index contributed by atoms with van der Waals surface area (Å²) in [6, 6.07) is 25.6. The van der Waals surface area contributed by atoms with Crippen LogP contribution in [0.4, 0.5) is 5.69 Å². The Kier molecular flexibility index (Phi) is 4.76. The van der Waals surface area contributed by atoms with E-state index in [1.54, 1.807) is 10.9 Å². The van der Waals surface area contributed by atoms with Crippen LogP contribution < -0.4 is 5.32 Å². The molecule has 7 heteroatoms. The number of nitrogens with zero attached hydrogens (tertiary/aromatic N) is 5. The lowest BCUT2D eigenvalue weighted by atomic mass is 10.2. The molecule has 5 rings (SSSR count). The molecule has 31 heavy (non-hydrogen) atoms. The van der Waals surface area contributed by atoms with Crippen molar-refractivity contribution in [3.63, 3.8) is 0 Å². The normalized spacial score (nSPS) is 11.0. The molecule has 5 aromatic rings. The van der Waals surface area contributed by atoms with Crippen molar-refractivity contribution in [2.45, 2.75) is 6.54 Å². The Hall–Kier alpha value is -4.26. The predicted molar refractivity (Wildman–Crippen MR) is 120 cm³/mol. The Morgan fingerprint density at radius 1 is 0.935 bits per heavy atom. The van der Waals surface area contributed by atoms with Crippen LogP contribution in [-0.2, 0) is 13.6 Å². The Morgan fingerprint density at radius 2 is 1.68 bits per heavy atom. The van der Waals surface area contributed by atoms with E-state index in [1.807, 2.05) is 85.9 Å². The highest BCUT2D eigenvalue weighted by Gasteiger charge is 2.13. The summed E-state index contributed by atoms with van der Waals surface area (Å²) >= 11 is 0. The van der Waals surface area contributed by atoms with Crippen molar-refractivity contribution >= 4 is 22.6 Å². The lowest BCUT2D eigenvalue weighted by Crippen LogP contribution is -2.12. The van der Waals surface area contributed by atoms with Gasteiger partial charge < -0.3 is 9.88 Å². The Balaban J connectivity index is 1.29. The Labute approximate surface area is 179 Å². The first kappa shape index (κ1) is 18.7. The zero-order valence-corrected chi connectivity index (χ0v) is 16.9. The van der Waals surface area contributed by atoms with Crippen LogP contribution in [0.1, 0.15) is 16.1 Å². The highest BCUT2D eigenvalue weighted by Crippen LogP contribution is 2.24. The molecule has 0 bridgehead atoms. The van der Waals surface area contributed by atoms with E-state index in [0.29, 0.717) is 12.2 Å². The highest BCUT2D eigenvalue weighted by molar-refractivity contribution is 6.02. The molecule has 7 nitrogen and oxygen atoms in total. The number of para-hydroxylation sites is 2. The first-order valence-corrected chi connectivity index (χ1v) is 9.95. The van der Waals surface area contributed by atoms with Crippen molar-refractivity contribution in [1.29, 1.82) is 0 Å². The molecular formula is C24H20N6O. The minimum atomic E-state index is -0.296. The van der Waals surface area contributed by atoms with Crippen LogP contribution in [0, 0.1) is 0 Å². The predicted octanol–water partition coefficient (Wildman–Crippen LogP) is 4.13. The van der Waals surface area contributed by atoms with Crippen LogP contribution in [0.5, 0.6) is 0 Å². The van der Waals surface area contributed by atoms with E-state index in [9.17, 15) is 4.79 Å². The lowest BCUT2D eigenvalue weighted by molar-refractivity contribution is 0.102. The molecule has 0 aliphatic rings. The number of carbonyl (C=O) groups is 1. The van der Waals surface area contributed by atoms with Crippen molar-refractivity contribution < 1.29 is 4.79 Å². The Bertz CT molecular complexity index is 1350. The molecule has 1 amide bonds. The van der Waals surface area contributed by atoms with Gasteiger partial charge in [0.1, 0.15) is 5.82 Å². The van der Waals surface area contributed by atoms with E-state index in [0.717, 1.165) is 28.0 Å². The van der Waals surface area contributed by atoms with Crippen molar-refractivity contribution in [3.8, 4) is 11.4 Å². The van der Waals surface area contributed by atoms with Crippen molar-refractivity contribution in [3.05, 3.63) is 96.3 Å². The maximum absolute atomic E-state index is 12.6. The first-order valence-electron chi connectivity index (χ1n) is 9.95. The molecule has 0 spiro atoms. The third kappa shape index (κ3) is 3.81. The minimum Gasteiger partial charge on any atom is -0.327 e. The van der Waals surface area contributed by atoms with Crippen LogP contribution in [0.15, 0.2) is 85.1 Å². The van der Waals surface area contributed by atoms with Gasteiger partial charge in [0.25, 0.3) is 5.91 Å². The standard InChI is InChI=1S/C24H20N6O/c1-29-22-10-6-5-9-20(22)26-23(29)18-11-13-19(14-12-18)25-24(31)21-16-30(28-27-21)15-17-7-3-2-4-8-17/h2-14,16H,15H2,1H3,(H,25,31). The number of anilines is 1. The van der Waals surface area contributed by atoms with Gasteiger partial charge in [-0.15, -0.1) is 5.10 Å². The second kappa shape index (κ2) is 7.87. The fourth-order valence-electron chi connectivity index (χ4n) is 3.55. The van der Waals surface area contributed by atoms with Gasteiger partial charge in [0.05, 0.1) is 23.8 Å². The number of imidazole rings is 1. The summed E-state index contributed by atoms with van der Waals surface area (Å²) in [6.07, 6.45) is 1.65. The largest absolute Gasteiger partial charge is 0.327 e. The van der Waals surface area contributed by atoms with Gasteiger partial charge in [-0.25, -0.2) is 9.67 Å². The molecular weight excluding hydrogens is 388 g/mol. The first-order chi connectivity index (χ1) is 15.2. The molecule has 0 fully saturated rings. The van der Waals surface area contributed by atoms with Gasteiger partial charge in [0.2, 0.25) is 0 Å². The molecule has 3 aromatic carbocycles. The molecule has 2 aromatic heterocycles. The number of benzene rings is 3. The summed E-state index contributed by atoms with van der Waals surface area (Å²) in [4.78, 5) is 17.3. The third-order valence-electron chi connectivity index (χ3n) is 5.15. The number of hydrogen-bond acceptors (Lipinski definition) is 4. The average molecular weight is 408 g/mol. The molecule has 0 radical (unpaired) electrons. The second-order valence-electron chi connectivity index (χ2n) is 7.30. The van der Waals surface area contributed by atoms with E-state index >= 15 is 0 Å². The zero-order chi connectivity index (χ0) is 21.2. The van der Waals surface area contributed by atoms with Gasteiger partial charge in [-0.2, -0.15) is 0 Å². The van der Waals surface area contributed by atoms with Crippen LogP contribution in [0.25, 0.3) is 22.4 Å². The summed E-state index contributed by atoms with van der Waals surface area (Å²) in [6.45, 7) is 0.563. The van der Waals surface area contributed by atoms with E-state index in [1.165, 1.54) is 0 Å². The molecule has 2 heterocycles. The maximum Gasteiger partial charge on any atom is 0.277 e. The smallest absolute Gasteiger partial charge is 0.277 e. The average Bonchev–Trinajstić information content (AvgIpc) is 3.40. The van der Waals surface area contributed by atoms with Gasteiger partial charge >= 0.3 is 0 Å². The molecule has 0 aliphatic carbocycles. The molecule has 1 N–H and O–H groups in total. The number of carbonyl (C=O) groups excluding carboxylic acids is 1. The summed E-state index contributed by atoms with van der Waals surface area (Å²) < 4.78 is 3.72. The maximum atomic E-state index is 12.6. The van der Waals surface area contributed by atoms with Crippen LogP contribution >= 0.6 is 0 Å². The number of nitrogens with one attached hydrogen (secondary N) is 1. The SMILES string of the molecule is Cn1c(-c2ccc(NC(=O)c3cn(Cc4ccccc4)nn3)cc2)nc2ccccc21. The Morgan fingerprint density at radius 3 is 2.45 bits per heavy atom. The summed E-state index contributed by atoms with van der Waals surface area (Å²) in [5.41, 5.74) is 5.06. The molecule has 0 atom stereocenters. The summed E-state index contributed by atoms with van der Waals surface area (Å²) in [5.74, 6) is 0.581. The van der Waals surface area contributed by atoms with Crippen LogP contribution in [0.2, 0.25) is 0 Å². The lowest BCUT2D eigenvalue weighted by Gasteiger charge is -2.06. The minimum absolute atomic E-state index is 0.273. The monoisotopic (exact) mass is 408 g/mol. The molecule has 0 aliphatic heterocycles. The summed E-state index contributed by atoms with van der Waals surface area (Å²) in [7, 11) is 2.00. The third-order valence-corrected chi connectivity index (χ3v) is 5.15. The van der Waals surface area contributed by atoms with Crippen LogP contribution in [-0.4, -0.2) is 30.5 Å². The molecule has 152 valence electrons. The molecule has 0 saturated heterocycles. The van der Waals surface area contributed by atoms with Crippen LogP contribution in [0.3, 0.4) is 0 Å². The van der Waals surface area contributed by atoms with E-state index < -0.39 is 0 Å². The van der Waals surface area contributed by atoms with Gasteiger partial charge in [0.15, 0.2) is 5.69 Å².